The summed E-state index contributed by atoms with van der Waals surface area (Å²) >= 11 is 0. The number of nitrogen functional groups attached to an aromatic ring is 1. The summed E-state index contributed by atoms with van der Waals surface area (Å²) in [6, 6.07) is 31.3. The topological polar surface area (TPSA) is 304 Å². The van der Waals surface area contributed by atoms with Crippen LogP contribution in [0.5, 0.6) is 23.0 Å². The predicted molar refractivity (Wildman–Crippen MR) is 283 cm³/mol. The smallest absolute Gasteiger partial charge is 0.278 e. The van der Waals surface area contributed by atoms with E-state index in [1.807, 2.05) is 42.5 Å². The van der Waals surface area contributed by atoms with E-state index in [0.717, 1.165) is 17.0 Å². The molecule has 21 nitrogen and oxygen atoms in total. The van der Waals surface area contributed by atoms with Gasteiger partial charge in [-0.1, -0.05) is 93.6 Å². The summed E-state index contributed by atoms with van der Waals surface area (Å²) in [4.78, 5) is 2.75. The number of anilines is 1. The highest BCUT2D eigenvalue weighted by Gasteiger charge is 2.33. The van der Waals surface area contributed by atoms with Crippen LogP contribution in [-0.4, -0.2) is 139 Å². The van der Waals surface area contributed by atoms with Crippen molar-refractivity contribution < 1.29 is 74.0 Å². The molecule has 0 spiro atoms. The fraction of sp³-hybridized carbons (Fsp3) is 0.327. The van der Waals surface area contributed by atoms with Gasteiger partial charge < -0.3 is 34.7 Å². The Morgan fingerprint density at radius 3 is 1.68 bits per heavy atom. The maximum atomic E-state index is 13.7. The number of sulfone groups is 2. The molecule has 9 rings (SSSR count). The molecule has 0 saturated carbocycles. The molecule has 0 radical (unpaired) electrons. The zero-order valence-corrected chi connectivity index (χ0v) is 45.8. The van der Waals surface area contributed by atoms with Gasteiger partial charge in [-0.3, -0.25) is 9.28 Å². The van der Waals surface area contributed by atoms with Gasteiger partial charge in [-0.25, -0.2) is 16.8 Å². The summed E-state index contributed by atoms with van der Waals surface area (Å²) in [5, 5.41) is 19.1. The van der Waals surface area contributed by atoms with Crippen LogP contribution in [0.4, 0.5) is 5.69 Å². The number of hydrogen-bond donors (Lipinski definition) is 3. The van der Waals surface area contributed by atoms with Gasteiger partial charge in [0.1, 0.15) is 19.8 Å². The van der Waals surface area contributed by atoms with E-state index in [1.54, 1.807) is 66.7 Å². The maximum Gasteiger partial charge on any atom is 0.278 e. The number of aromatic amines is 1. The summed E-state index contributed by atoms with van der Waals surface area (Å²) in [6.45, 7) is 9.88. The minimum absolute atomic E-state index is 0.0529. The molecule has 0 fully saturated rings. The summed E-state index contributed by atoms with van der Waals surface area (Å²) in [5.41, 5.74) is 7.09. The highest BCUT2D eigenvalue weighted by Crippen LogP contribution is 2.44. The average Bonchev–Trinajstić information content (AvgIpc) is 3.82. The summed E-state index contributed by atoms with van der Waals surface area (Å²) in [6.07, 6.45) is 0.958. The standard InChI is InChI=1S/C21H18N2O7S2.C20H19NO5S.C6H15N.C2H6O5S2/c1-31(24,25)29-12-14-11-28-17-10-9-16-19(20(17)30-14)21(23-22-16)32(26,27)18-8-4-6-13-5-2-3-7-15(13)18;21-17-8-9-18-20(26-14(10-22)11-25-18)16(17)12-27(23,24)19-7-3-5-13-4-1-2-6-15(13)19;1-4-7(5-2)6-3;1-8(3,4)7-9(2,5)6/h2-10,14H,11-12H2,1H3,(H,22,23);1-9,14,22H,10-12,21H2;4-6H2,1-3H3;1-2H3/t2*14-;;/m10../s1. The second-order valence-corrected chi connectivity index (χ2v) is 25.7. The largest absolute Gasteiger partial charge is 0.486 e. The molecule has 4 N–H and O–H groups in total. The first-order chi connectivity index (χ1) is 35.3. The Balaban J connectivity index is 0.000000191. The normalized spacial score (nSPS) is 15.5. The molecular formula is C49H58N4O17S5. The first-order valence-electron chi connectivity index (χ1n) is 23.0. The van der Waals surface area contributed by atoms with Gasteiger partial charge in [-0.15, -0.1) is 3.63 Å². The lowest BCUT2D eigenvalue weighted by molar-refractivity contribution is 0.0450. The lowest BCUT2D eigenvalue weighted by Gasteiger charge is -2.27. The van der Waals surface area contributed by atoms with Gasteiger partial charge in [-0.2, -0.15) is 30.4 Å². The van der Waals surface area contributed by atoms with Crippen molar-refractivity contribution >= 4 is 88.2 Å². The number of H-pyrrole nitrogens is 1. The number of nitrogens with two attached hydrogens (primary N) is 1. The Labute approximate surface area is 436 Å². The molecule has 0 aliphatic carbocycles. The molecule has 2 aliphatic heterocycles. The second kappa shape index (κ2) is 24.3. The van der Waals surface area contributed by atoms with Crippen molar-refractivity contribution in [1.82, 2.24) is 15.1 Å². The van der Waals surface area contributed by atoms with Crippen LogP contribution in [0, 0.1) is 0 Å². The first kappa shape index (κ1) is 58.2. The van der Waals surface area contributed by atoms with E-state index in [9.17, 15) is 47.2 Å². The van der Waals surface area contributed by atoms with Crippen LogP contribution in [0.3, 0.4) is 0 Å². The minimum atomic E-state index is -4.02. The number of aliphatic hydroxyl groups is 1. The molecule has 1 aromatic heterocycles. The van der Waals surface area contributed by atoms with Gasteiger partial charge in [0.25, 0.3) is 30.4 Å². The Morgan fingerprint density at radius 2 is 1.15 bits per heavy atom. The van der Waals surface area contributed by atoms with Gasteiger partial charge in [0, 0.05) is 22.0 Å². The zero-order chi connectivity index (χ0) is 54.9. The lowest BCUT2D eigenvalue weighted by Crippen LogP contribution is -2.34. The fourth-order valence-electron chi connectivity index (χ4n) is 7.78. The SMILES string of the molecule is CCN(CC)CC.CS(=O)(=O)OC[C@H]1COc2ccc3n[nH]c(S(=O)(=O)c4cccc5ccccc45)c3c2O1.CS(=O)(=O)OS(C)(=O)=O.Nc1ccc2c(c1CS(=O)(=O)c1cccc3ccccc13)O[C@@H](CO)CO2. The number of nitrogens with zero attached hydrogens (tertiary/aromatic N) is 2. The highest BCUT2D eigenvalue weighted by atomic mass is 32.3. The molecule has 6 aromatic carbocycles. The van der Waals surface area contributed by atoms with E-state index in [1.165, 1.54) is 19.6 Å². The first-order valence-corrected chi connectivity index (χ1v) is 31.6. The van der Waals surface area contributed by atoms with E-state index in [4.69, 9.17) is 28.9 Å². The number of hydrogen-bond acceptors (Lipinski definition) is 20. The van der Waals surface area contributed by atoms with Crippen LogP contribution >= 0.6 is 0 Å². The Kier molecular flexibility index (Phi) is 18.8. The van der Waals surface area contributed by atoms with Crippen molar-refractivity contribution in [1.29, 1.82) is 0 Å². The number of fused-ring (bicyclic) bond motifs is 6. The molecule has 75 heavy (non-hydrogen) atoms. The Hall–Kier alpha value is -6.10. The number of rotatable bonds is 14. The molecule has 0 amide bonds. The molecule has 3 heterocycles. The van der Waals surface area contributed by atoms with Crippen molar-refractivity contribution in [3.8, 4) is 23.0 Å². The molecule has 0 saturated heterocycles. The van der Waals surface area contributed by atoms with Crippen molar-refractivity contribution in [3.05, 3.63) is 115 Å². The van der Waals surface area contributed by atoms with Crippen molar-refractivity contribution in [2.75, 3.05) is 70.6 Å². The molecule has 406 valence electrons. The van der Waals surface area contributed by atoms with Gasteiger partial charge in [0.2, 0.25) is 9.84 Å². The van der Waals surface area contributed by atoms with Crippen LogP contribution in [0.1, 0.15) is 26.3 Å². The van der Waals surface area contributed by atoms with Gasteiger partial charge in [0.05, 0.1) is 51.8 Å². The van der Waals surface area contributed by atoms with Crippen LogP contribution in [0.25, 0.3) is 32.4 Å². The van der Waals surface area contributed by atoms with Crippen LogP contribution in [-0.2, 0) is 63.6 Å². The Morgan fingerprint density at radius 1 is 0.640 bits per heavy atom. The third-order valence-electron chi connectivity index (χ3n) is 11.3. The molecule has 0 unspecified atom stereocenters. The summed E-state index contributed by atoms with van der Waals surface area (Å²) in [5.74, 6) is 0.894. The molecular weight excluding hydrogens is 1080 g/mol. The molecule has 7 aromatic rings. The van der Waals surface area contributed by atoms with Crippen molar-refractivity contribution in [2.24, 2.45) is 0 Å². The molecule has 0 bridgehead atoms. The second-order valence-electron chi connectivity index (χ2n) is 16.9. The van der Waals surface area contributed by atoms with Crippen LogP contribution in [0.2, 0.25) is 0 Å². The number of aliphatic hydroxyl groups excluding tert-OH is 1. The number of nitrogens with one attached hydrogen (secondary N) is 1. The van der Waals surface area contributed by atoms with E-state index in [0.29, 0.717) is 51.6 Å². The number of ether oxygens (including phenoxy) is 4. The van der Waals surface area contributed by atoms with Crippen molar-refractivity contribution in [3.63, 3.8) is 0 Å². The van der Waals surface area contributed by atoms with E-state index in [2.05, 4.69) is 39.5 Å². The molecule has 2 aliphatic rings. The van der Waals surface area contributed by atoms with Gasteiger partial charge >= 0.3 is 0 Å². The minimum Gasteiger partial charge on any atom is -0.486 e. The summed E-state index contributed by atoms with van der Waals surface area (Å²) < 4.78 is 148. The summed E-state index contributed by atoms with van der Waals surface area (Å²) in [7, 11) is -19.1. The van der Waals surface area contributed by atoms with E-state index < -0.39 is 62.2 Å². The maximum absolute atomic E-state index is 13.7. The monoisotopic (exact) mass is 1130 g/mol. The predicted octanol–water partition coefficient (Wildman–Crippen LogP) is 5.46. The van der Waals surface area contributed by atoms with Crippen molar-refractivity contribution in [2.45, 2.75) is 53.5 Å². The Bertz CT molecular complexity index is 3690. The third-order valence-corrected chi connectivity index (χ3v) is 17.3. The zero-order valence-electron chi connectivity index (χ0n) is 41.7. The molecule has 26 heteroatoms. The van der Waals surface area contributed by atoms with Crippen LogP contribution < -0.4 is 24.7 Å². The van der Waals surface area contributed by atoms with Gasteiger partial charge in [0.15, 0.2) is 50.1 Å². The van der Waals surface area contributed by atoms with E-state index in [-0.39, 0.29) is 63.9 Å². The molecule has 2 atom stereocenters. The number of aromatic nitrogens is 2. The lowest BCUT2D eigenvalue weighted by atomic mass is 10.1. The van der Waals surface area contributed by atoms with E-state index >= 15 is 0 Å². The average molecular weight is 1140 g/mol. The number of benzene rings is 6. The third kappa shape index (κ3) is 15.1. The fourth-order valence-corrected chi connectivity index (χ4v) is 13.2. The van der Waals surface area contributed by atoms with Gasteiger partial charge in [-0.05, 0) is 66.8 Å². The quantitative estimate of drug-likeness (QED) is 0.0899. The highest BCUT2D eigenvalue weighted by molar-refractivity contribution is 7.99. The van der Waals surface area contributed by atoms with Crippen LogP contribution in [0.15, 0.2) is 124 Å².